The molecule has 1 aromatic carbocycles. The van der Waals surface area contributed by atoms with Gasteiger partial charge >= 0.3 is 12.6 Å². The molecule has 0 aliphatic rings. The zero-order chi connectivity index (χ0) is 12.3. The standard InChI is InChI=1S/C9H6F2N2O3/c10-9(11)16-7-5(13)2-1-4(3-12)6(7)8(14)15/h1-2,9H,13H2,(H,14,15). The zero-order valence-electron chi connectivity index (χ0n) is 7.78. The van der Waals surface area contributed by atoms with Crippen LogP contribution in [0.25, 0.3) is 0 Å². The molecule has 84 valence electrons. The highest BCUT2D eigenvalue weighted by atomic mass is 19.3. The van der Waals surface area contributed by atoms with Gasteiger partial charge in [-0.25, -0.2) is 4.79 Å². The number of carboxylic acids is 1. The van der Waals surface area contributed by atoms with E-state index < -0.39 is 23.9 Å². The number of nitriles is 1. The number of rotatable bonds is 3. The third-order valence-corrected chi connectivity index (χ3v) is 1.73. The van der Waals surface area contributed by atoms with E-state index >= 15 is 0 Å². The molecule has 3 N–H and O–H groups in total. The second kappa shape index (κ2) is 4.44. The van der Waals surface area contributed by atoms with Crippen LogP contribution in [0.5, 0.6) is 5.75 Å². The lowest BCUT2D eigenvalue weighted by atomic mass is 10.1. The summed E-state index contributed by atoms with van der Waals surface area (Å²) in [4.78, 5) is 10.8. The Kier molecular flexibility index (Phi) is 3.25. The largest absolute Gasteiger partial charge is 0.478 e. The van der Waals surface area contributed by atoms with Crippen molar-refractivity contribution < 1.29 is 23.4 Å². The topological polar surface area (TPSA) is 96.3 Å². The van der Waals surface area contributed by atoms with Gasteiger partial charge in [-0.3, -0.25) is 0 Å². The van der Waals surface area contributed by atoms with Gasteiger partial charge in [0.05, 0.1) is 11.3 Å². The minimum absolute atomic E-state index is 0.267. The minimum atomic E-state index is -3.21. The molecule has 0 unspecified atom stereocenters. The van der Waals surface area contributed by atoms with Crippen molar-refractivity contribution in [3.8, 4) is 11.8 Å². The van der Waals surface area contributed by atoms with Gasteiger partial charge < -0.3 is 15.6 Å². The Bertz CT molecular complexity index is 469. The average molecular weight is 228 g/mol. The molecule has 0 fully saturated rings. The van der Waals surface area contributed by atoms with Gasteiger partial charge in [0.15, 0.2) is 5.75 Å². The maximum Gasteiger partial charge on any atom is 0.387 e. The fourth-order valence-corrected chi connectivity index (χ4v) is 1.12. The first-order valence-corrected chi connectivity index (χ1v) is 3.98. The summed E-state index contributed by atoms with van der Waals surface area (Å²) < 4.78 is 28.0. The van der Waals surface area contributed by atoms with E-state index in [0.717, 1.165) is 12.1 Å². The summed E-state index contributed by atoms with van der Waals surface area (Å²) in [5, 5.41) is 17.4. The van der Waals surface area contributed by atoms with E-state index in [4.69, 9.17) is 16.1 Å². The number of nitrogen functional groups attached to an aromatic ring is 1. The molecule has 1 aromatic rings. The average Bonchev–Trinajstić information content (AvgIpc) is 2.19. The number of alkyl halides is 2. The zero-order valence-corrected chi connectivity index (χ0v) is 7.78. The normalized spacial score (nSPS) is 9.88. The quantitative estimate of drug-likeness (QED) is 0.763. The van der Waals surface area contributed by atoms with E-state index in [1.54, 1.807) is 6.07 Å². The molecule has 0 heterocycles. The van der Waals surface area contributed by atoms with Gasteiger partial charge in [-0.2, -0.15) is 14.0 Å². The van der Waals surface area contributed by atoms with E-state index in [0.29, 0.717) is 0 Å². The van der Waals surface area contributed by atoms with Crippen LogP contribution in [-0.4, -0.2) is 17.7 Å². The molecule has 5 nitrogen and oxygen atoms in total. The third kappa shape index (κ3) is 2.17. The van der Waals surface area contributed by atoms with Gasteiger partial charge in [0.25, 0.3) is 0 Å². The second-order valence-corrected chi connectivity index (χ2v) is 2.70. The first-order chi connectivity index (χ1) is 7.47. The highest BCUT2D eigenvalue weighted by molar-refractivity contribution is 5.96. The Hall–Kier alpha value is -2.36. The van der Waals surface area contributed by atoms with Gasteiger partial charge in [-0.05, 0) is 12.1 Å². The monoisotopic (exact) mass is 228 g/mol. The van der Waals surface area contributed by atoms with E-state index in [9.17, 15) is 13.6 Å². The summed E-state index contributed by atoms with van der Waals surface area (Å²) in [6, 6.07) is 3.81. The van der Waals surface area contributed by atoms with Crippen LogP contribution in [0, 0.1) is 11.3 Å². The molecular formula is C9H6F2N2O3. The molecule has 1 rings (SSSR count). The Morgan fingerprint density at radius 1 is 1.56 bits per heavy atom. The number of ether oxygens (including phenoxy) is 1. The fourth-order valence-electron chi connectivity index (χ4n) is 1.12. The van der Waals surface area contributed by atoms with Crippen LogP contribution in [0.2, 0.25) is 0 Å². The highest BCUT2D eigenvalue weighted by Crippen LogP contribution is 2.30. The number of carbonyl (C=O) groups is 1. The lowest BCUT2D eigenvalue weighted by Gasteiger charge is -2.11. The molecule has 0 spiro atoms. The molecule has 0 aliphatic carbocycles. The van der Waals surface area contributed by atoms with Crippen LogP contribution in [-0.2, 0) is 0 Å². The van der Waals surface area contributed by atoms with Crippen molar-refractivity contribution in [2.45, 2.75) is 6.61 Å². The number of aromatic carboxylic acids is 1. The molecule has 0 saturated carbocycles. The number of hydrogen-bond acceptors (Lipinski definition) is 4. The van der Waals surface area contributed by atoms with Crippen LogP contribution in [0.3, 0.4) is 0 Å². The van der Waals surface area contributed by atoms with Crippen molar-refractivity contribution in [1.82, 2.24) is 0 Å². The smallest absolute Gasteiger partial charge is 0.387 e. The van der Waals surface area contributed by atoms with Gasteiger partial charge in [0, 0.05) is 0 Å². The van der Waals surface area contributed by atoms with Crippen LogP contribution < -0.4 is 10.5 Å². The lowest BCUT2D eigenvalue weighted by molar-refractivity contribution is -0.0498. The molecule has 0 radical (unpaired) electrons. The summed E-state index contributed by atoms with van der Waals surface area (Å²) in [6.07, 6.45) is 0. The predicted octanol–water partition coefficient (Wildman–Crippen LogP) is 1.44. The Labute approximate surface area is 88.7 Å². The number of benzene rings is 1. The summed E-state index contributed by atoms with van der Waals surface area (Å²) in [7, 11) is 0. The van der Waals surface area contributed by atoms with Gasteiger partial charge in [-0.15, -0.1) is 0 Å². The SMILES string of the molecule is N#Cc1ccc(N)c(OC(F)F)c1C(=O)O. The minimum Gasteiger partial charge on any atom is -0.478 e. The first kappa shape index (κ1) is 11.7. The van der Waals surface area contributed by atoms with Crippen molar-refractivity contribution >= 4 is 11.7 Å². The number of nitrogens with two attached hydrogens (primary N) is 1. The molecule has 0 atom stereocenters. The summed E-state index contributed by atoms with van der Waals surface area (Å²) in [5.41, 5.74) is 4.07. The summed E-state index contributed by atoms with van der Waals surface area (Å²) >= 11 is 0. The number of hydrogen-bond donors (Lipinski definition) is 2. The molecule has 0 bridgehead atoms. The van der Waals surface area contributed by atoms with Crippen LogP contribution in [0.4, 0.5) is 14.5 Å². The maximum absolute atomic E-state index is 12.0. The lowest BCUT2D eigenvalue weighted by Crippen LogP contribution is -2.11. The van der Waals surface area contributed by atoms with Crippen LogP contribution in [0.15, 0.2) is 12.1 Å². The van der Waals surface area contributed by atoms with Crippen LogP contribution in [0.1, 0.15) is 15.9 Å². The number of carboxylic acid groups (broad SMARTS) is 1. The Morgan fingerprint density at radius 2 is 2.19 bits per heavy atom. The van der Waals surface area contributed by atoms with E-state index in [-0.39, 0.29) is 11.3 Å². The highest BCUT2D eigenvalue weighted by Gasteiger charge is 2.22. The summed E-state index contributed by atoms with van der Waals surface area (Å²) in [6.45, 7) is -3.21. The molecule has 0 aliphatic heterocycles. The molecule has 0 amide bonds. The molecular weight excluding hydrogens is 222 g/mol. The molecule has 0 saturated heterocycles. The predicted molar refractivity (Wildman–Crippen MR) is 49.2 cm³/mol. The Morgan fingerprint density at radius 3 is 2.62 bits per heavy atom. The van der Waals surface area contributed by atoms with Crippen molar-refractivity contribution in [3.05, 3.63) is 23.3 Å². The van der Waals surface area contributed by atoms with Crippen LogP contribution >= 0.6 is 0 Å². The third-order valence-electron chi connectivity index (χ3n) is 1.73. The summed E-state index contributed by atoms with van der Waals surface area (Å²) in [5.74, 6) is -2.25. The van der Waals surface area contributed by atoms with Gasteiger partial charge in [-0.1, -0.05) is 0 Å². The van der Waals surface area contributed by atoms with Crippen molar-refractivity contribution in [3.63, 3.8) is 0 Å². The second-order valence-electron chi connectivity index (χ2n) is 2.70. The number of halogens is 2. The fraction of sp³-hybridized carbons (Fsp3) is 0.111. The molecule has 0 aromatic heterocycles. The molecule has 16 heavy (non-hydrogen) atoms. The van der Waals surface area contributed by atoms with E-state index in [1.165, 1.54) is 0 Å². The Balaban J connectivity index is 3.43. The maximum atomic E-state index is 12.0. The van der Waals surface area contributed by atoms with Gasteiger partial charge in [0.2, 0.25) is 0 Å². The number of anilines is 1. The van der Waals surface area contributed by atoms with E-state index in [1.807, 2.05) is 0 Å². The molecule has 7 heteroatoms. The van der Waals surface area contributed by atoms with Gasteiger partial charge in [0.1, 0.15) is 11.6 Å². The van der Waals surface area contributed by atoms with E-state index in [2.05, 4.69) is 4.74 Å². The van der Waals surface area contributed by atoms with Crippen molar-refractivity contribution in [1.29, 1.82) is 5.26 Å². The van der Waals surface area contributed by atoms with Crippen molar-refractivity contribution in [2.24, 2.45) is 0 Å². The first-order valence-electron chi connectivity index (χ1n) is 3.98. The number of nitrogens with zero attached hydrogens (tertiary/aromatic N) is 1. The van der Waals surface area contributed by atoms with Crippen molar-refractivity contribution in [2.75, 3.05) is 5.73 Å².